The Bertz CT molecular complexity index is 242. The fourth-order valence-corrected chi connectivity index (χ4v) is 1.55. The van der Waals surface area contributed by atoms with Crippen LogP contribution in [-0.2, 0) is 14.3 Å². The number of esters is 1. The molecule has 0 aromatic heterocycles. The summed E-state index contributed by atoms with van der Waals surface area (Å²) in [5.41, 5.74) is 0. The molecule has 11 heavy (non-hydrogen) atoms. The molecule has 1 heterocycles. The fraction of sp³-hybridized carbons (Fsp3) is 0.500. The van der Waals surface area contributed by atoms with Crippen molar-refractivity contribution >= 4 is 11.8 Å². The highest BCUT2D eigenvalue weighted by Crippen LogP contribution is 2.28. The molecule has 0 aromatic carbocycles. The van der Waals surface area contributed by atoms with Crippen LogP contribution in [0.4, 0.5) is 0 Å². The summed E-state index contributed by atoms with van der Waals surface area (Å²) < 4.78 is 4.92. The second-order valence-corrected chi connectivity index (χ2v) is 2.88. The topological polar surface area (TPSA) is 43.4 Å². The van der Waals surface area contributed by atoms with Gasteiger partial charge in [-0.05, 0) is 6.08 Å². The number of carbonyl (C=O) groups excluding carboxylic acids is 2. The Morgan fingerprint density at radius 1 is 1.45 bits per heavy atom. The van der Waals surface area contributed by atoms with Gasteiger partial charge in [0.1, 0.15) is 6.10 Å². The van der Waals surface area contributed by atoms with Crippen molar-refractivity contribution in [3.63, 3.8) is 0 Å². The summed E-state index contributed by atoms with van der Waals surface area (Å²) in [6.07, 6.45) is 4.11. The molecule has 0 radical (unpaired) electrons. The van der Waals surface area contributed by atoms with Crippen LogP contribution in [0.2, 0.25) is 0 Å². The Morgan fingerprint density at radius 3 is 3.00 bits per heavy atom. The van der Waals surface area contributed by atoms with Gasteiger partial charge in [0.2, 0.25) is 0 Å². The molecule has 2 rings (SSSR count). The van der Waals surface area contributed by atoms with Gasteiger partial charge in [-0.1, -0.05) is 6.08 Å². The molecule has 0 bridgehead atoms. The predicted octanol–water partition coefficient (Wildman–Crippen LogP) is 0.447. The van der Waals surface area contributed by atoms with Crippen LogP contribution < -0.4 is 0 Å². The molecular formula is C8H8O3. The fourth-order valence-electron chi connectivity index (χ4n) is 1.55. The Labute approximate surface area is 64.0 Å². The van der Waals surface area contributed by atoms with Crippen LogP contribution in [0.15, 0.2) is 12.2 Å². The maximum atomic E-state index is 11.1. The maximum Gasteiger partial charge on any atom is 0.306 e. The van der Waals surface area contributed by atoms with E-state index in [-0.39, 0.29) is 30.2 Å². The van der Waals surface area contributed by atoms with Gasteiger partial charge in [0.15, 0.2) is 5.78 Å². The summed E-state index contributed by atoms with van der Waals surface area (Å²) in [6.45, 7) is 0. The minimum absolute atomic E-state index is 0.0344. The first-order valence-corrected chi connectivity index (χ1v) is 3.67. The molecular weight excluding hydrogens is 144 g/mol. The van der Waals surface area contributed by atoms with Crippen molar-refractivity contribution in [2.75, 3.05) is 0 Å². The van der Waals surface area contributed by atoms with Crippen LogP contribution in [0, 0.1) is 5.92 Å². The highest BCUT2D eigenvalue weighted by molar-refractivity contribution is 5.96. The lowest BCUT2D eigenvalue weighted by Crippen LogP contribution is -2.25. The molecule has 1 aliphatic carbocycles. The lowest BCUT2D eigenvalue weighted by atomic mass is 9.90. The van der Waals surface area contributed by atoms with E-state index in [0.29, 0.717) is 6.42 Å². The molecule has 2 unspecified atom stereocenters. The highest BCUT2D eigenvalue weighted by Gasteiger charge is 2.39. The number of hydrogen-bond acceptors (Lipinski definition) is 3. The molecule has 3 heteroatoms. The van der Waals surface area contributed by atoms with E-state index in [1.54, 1.807) is 12.2 Å². The van der Waals surface area contributed by atoms with Crippen LogP contribution in [0.25, 0.3) is 0 Å². The summed E-state index contributed by atoms with van der Waals surface area (Å²) in [7, 11) is 0. The average molecular weight is 152 g/mol. The number of allylic oxidation sites excluding steroid dienone is 1. The van der Waals surface area contributed by atoms with Gasteiger partial charge in [-0.3, -0.25) is 9.59 Å². The molecule has 1 fully saturated rings. The van der Waals surface area contributed by atoms with Crippen LogP contribution in [-0.4, -0.2) is 17.9 Å². The summed E-state index contributed by atoms with van der Waals surface area (Å²) >= 11 is 0. The van der Waals surface area contributed by atoms with Crippen molar-refractivity contribution in [2.45, 2.75) is 18.9 Å². The SMILES string of the molecule is O=C1CC2C(=O)C=CCC2O1. The molecule has 1 saturated heterocycles. The zero-order chi connectivity index (χ0) is 7.84. The second kappa shape index (κ2) is 2.19. The molecule has 2 atom stereocenters. The van der Waals surface area contributed by atoms with E-state index >= 15 is 0 Å². The first-order valence-electron chi connectivity index (χ1n) is 3.67. The normalized spacial score (nSPS) is 35.3. The Morgan fingerprint density at radius 2 is 2.27 bits per heavy atom. The van der Waals surface area contributed by atoms with Crippen molar-refractivity contribution in [3.05, 3.63) is 12.2 Å². The molecule has 0 aromatic rings. The Kier molecular flexibility index (Phi) is 1.31. The van der Waals surface area contributed by atoms with Crippen molar-refractivity contribution < 1.29 is 14.3 Å². The molecule has 0 N–H and O–H groups in total. The third-order valence-electron chi connectivity index (χ3n) is 2.13. The van der Waals surface area contributed by atoms with E-state index < -0.39 is 0 Å². The zero-order valence-corrected chi connectivity index (χ0v) is 5.95. The standard InChI is InChI=1S/C8H8O3/c9-6-2-1-3-7-5(6)4-8(10)11-7/h1-2,5,7H,3-4H2. The Hall–Kier alpha value is -1.12. The third kappa shape index (κ3) is 0.964. The van der Waals surface area contributed by atoms with Gasteiger partial charge in [-0.2, -0.15) is 0 Å². The van der Waals surface area contributed by atoms with E-state index in [9.17, 15) is 9.59 Å². The minimum Gasteiger partial charge on any atom is -0.461 e. The molecule has 0 amide bonds. The number of fused-ring (bicyclic) bond motifs is 1. The number of rotatable bonds is 0. The van der Waals surface area contributed by atoms with E-state index in [4.69, 9.17) is 4.74 Å². The molecule has 58 valence electrons. The van der Waals surface area contributed by atoms with Crippen LogP contribution in [0.1, 0.15) is 12.8 Å². The largest absolute Gasteiger partial charge is 0.461 e. The lowest BCUT2D eigenvalue weighted by Gasteiger charge is -2.16. The van der Waals surface area contributed by atoms with Crippen molar-refractivity contribution in [1.82, 2.24) is 0 Å². The molecule has 3 nitrogen and oxygen atoms in total. The van der Waals surface area contributed by atoms with Gasteiger partial charge < -0.3 is 4.74 Å². The summed E-state index contributed by atoms with van der Waals surface area (Å²) in [4.78, 5) is 21.9. The summed E-state index contributed by atoms with van der Waals surface area (Å²) in [6, 6.07) is 0. The van der Waals surface area contributed by atoms with Crippen molar-refractivity contribution in [2.24, 2.45) is 5.92 Å². The average Bonchev–Trinajstić information content (AvgIpc) is 2.31. The van der Waals surface area contributed by atoms with E-state index in [0.717, 1.165) is 0 Å². The van der Waals surface area contributed by atoms with E-state index in [1.165, 1.54) is 0 Å². The van der Waals surface area contributed by atoms with E-state index in [2.05, 4.69) is 0 Å². The third-order valence-corrected chi connectivity index (χ3v) is 2.13. The monoisotopic (exact) mass is 152 g/mol. The van der Waals surface area contributed by atoms with Crippen LogP contribution in [0.5, 0.6) is 0 Å². The Balaban J connectivity index is 2.23. The van der Waals surface area contributed by atoms with Gasteiger partial charge in [-0.15, -0.1) is 0 Å². The number of carbonyl (C=O) groups is 2. The number of ketones is 1. The minimum atomic E-state index is -0.239. The first kappa shape index (κ1) is 6.58. The van der Waals surface area contributed by atoms with Crippen LogP contribution >= 0.6 is 0 Å². The summed E-state index contributed by atoms with van der Waals surface area (Å²) in [5, 5.41) is 0. The summed E-state index contributed by atoms with van der Waals surface area (Å²) in [5.74, 6) is -0.392. The predicted molar refractivity (Wildman–Crippen MR) is 36.8 cm³/mol. The van der Waals surface area contributed by atoms with Gasteiger partial charge in [0.05, 0.1) is 12.3 Å². The quantitative estimate of drug-likeness (QED) is 0.473. The van der Waals surface area contributed by atoms with Crippen molar-refractivity contribution in [3.8, 4) is 0 Å². The van der Waals surface area contributed by atoms with Crippen LogP contribution in [0.3, 0.4) is 0 Å². The maximum absolute atomic E-state index is 11.1. The van der Waals surface area contributed by atoms with Gasteiger partial charge in [0.25, 0.3) is 0 Å². The van der Waals surface area contributed by atoms with Crippen molar-refractivity contribution in [1.29, 1.82) is 0 Å². The smallest absolute Gasteiger partial charge is 0.306 e. The molecule has 2 aliphatic rings. The molecule has 0 saturated carbocycles. The molecule has 0 spiro atoms. The van der Waals surface area contributed by atoms with Gasteiger partial charge in [-0.25, -0.2) is 0 Å². The van der Waals surface area contributed by atoms with Gasteiger partial charge in [0, 0.05) is 6.42 Å². The van der Waals surface area contributed by atoms with E-state index in [1.807, 2.05) is 0 Å². The number of ether oxygens (including phenoxy) is 1. The second-order valence-electron chi connectivity index (χ2n) is 2.88. The first-order chi connectivity index (χ1) is 5.27. The molecule has 1 aliphatic heterocycles. The lowest BCUT2D eigenvalue weighted by molar-refractivity contribution is -0.141. The highest BCUT2D eigenvalue weighted by atomic mass is 16.5. The number of hydrogen-bond donors (Lipinski definition) is 0. The van der Waals surface area contributed by atoms with Gasteiger partial charge >= 0.3 is 5.97 Å². The zero-order valence-electron chi connectivity index (χ0n) is 5.95.